The van der Waals surface area contributed by atoms with Crippen LogP contribution in [0.3, 0.4) is 0 Å². The summed E-state index contributed by atoms with van der Waals surface area (Å²) in [6.07, 6.45) is 1.54. The van der Waals surface area contributed by atoms with Crippen LogP contribution in [0.2, 0.25) is 0 Å². The molecule has 0 saturated carbocycles. The first-order valence-corrected chi connectivity index (χ1v) is 9.71. The van der Waals surface area contributed by atoms with Crippen molar-refractivity contribution in [1.82, 2.24) is 19.5 Å². The Kier molecular flexibility index (Phi) is 5.36. The Balaban J connectivity index is 1.75. The maximum Gasteiger partial charge on any atom is 0.216 e. The van der Waals surface area contributed by atoms with Gasteiger partial charge < -0.3 is 9.47 Å². The van der Waals surface area contributed by atoms with Crippen LogP contribution in [0.5, 0.6) is 5.75 Å². The molecule has 1 aromatic carbocycles. The van der Waals surface area contributed by atoms with Crippen molar-refractivity contribution in [2.45, 2.75) is 37.8 Å². The average molecular weight is 366 g/mol. The fraction of sp³-hybridized carbons (Fsp3) is 0.500. The first-order chi connectivity index (χ1) is 12.0. The second kappa shape index (κ2) is 7.51. The smallest absolute Gasteiger partial charge is 0.216 e. The number of nitrogens with zero attached hydrogens (tertiary/aromatic N) is 3. The van der Waals surface area contributed by atoms with Gasteiger partial charge in [0.25, 0.3) is 0 Å². The lowest BCUT2D eigenvalue weighted by Crippen LogP contribution is -2.34. The van der Waals surface area contributed by atoms with Crippen LogP contribution >= 0.6 is 0 Å². The van der Waals surface area contributed by atoms with Crippen molar-refractivity contribution in [2.75, 3.05) is 14.2 Å². The maximum atomic E-state index is 12.6. The Morgan fingerprint density at radius 2 is 2.20 bits per heavy atom. The van der Waals surface area contributed by atoms with E-state index in [-0.39, 0.29) is 11.8 Å². The third-order valence-corrected chi connectivity index (χ3v) is 5.36. The Morgan fingerprint density at radius 3 is 2.96 bits per heavy atom. The normalized spacial score (nSPS) is 17.3. The molecule has 136 valence electrons. The lowest BCUT2D eigenvalue weighted by Gasteiger charge is -2.23. The largest absolute Gasteiger partial charge is 0.497 e. The fourth-order valence-corrected chi connectivity index (χ4v) is 4.30. The monoisotopic (exact) mass is 366 g/mol. The number of fused-ring (bicyclic) bond motifs is 1. The third-order valence-electron chi connectivity index (χ3n) is 4.00. The van der Waals surface area contributed by atoms with E-state index >= 15 is 0 Å². The van der Waals surface area contributed by atoms with Crippen molar-refractivity contribution in [3.8, 4) is 5.75 Å². The van der Waals surface area contributed by atoms with Gasteiger partial charge in [0.2, 0.25) is 10.0 Å². The fourth-order valence-electron chi connectivity index (χ4n) is 2.94. The highest BCUT2D eigenvalue weighted by atomic mass is 32.2. The zero-order chi connectivity index (χ0) is 17.9. The highest BCUT2D eigenvalue weighted by Gasteiger charge is 2.28. The van der Waals surface area contributed by atoms with Crippen LogP contribution in [-0.4, -0.2) is 37.4 Å². The maximum absolute atomic E-state index is 12.6. The van der Waals surface area contributed by atoms with Crippen molar-refractivity contribution in [3.63, 3.8) is 0 Å². The molecule has 1 aromatic heterocycles. The number of nitrogens with one attached hydrogen (secondary N) is 1. The Bertz CT molecular complexity index is 834. The molecule has 2 aromatic rings. The van der Waals surface area contributed by atoms with Gasteiger partial charge in [-0.1, -0.05) is 12.1 Å². The van der Waals surface area contributed by atoms with E-state index in [4.69, 9.17) is 9.47 Å². The van der Waals surface area contributed by atoms with Gasteiger partial charge in [0.05, 0.1) is 18.9 Å². The van der Waals surface area contributed by atoms with Crippen LogP contribution in [0, 0.1) is 0 Å². The van der Waals surface area contributed by atoms with Gasteiger partial charge in [0.1, 0.15) is 18.2 Å². The first kappa shape index (κ1) is 17.8. The lowest BCUT2D eigenvalue weighted by atomic mass is 10.1. The molecule has 9 heteroatoms. The average Bonchev–Trinajstić information content (AvgIpc) is 2.98. The molecule has 1 aliphatic rings. The van der Waals surface area contributed by atoms with Crippen LogP contribution < -0.4 is 9.46 Å². The Labute approximate surface area is 147 Å². The van der Waals surface area contributed by atoms with E-state index in [1.54, 1.807) is 43.2 Å². The Hall–Kier alpha value is -1.97. The minimum atomic E-state index is -3.52. The van der Waals surface area contributed by atoms with Crippen LogP contribution in [0.1, 0.15) is 36.1 Å². The number of aromatic nitrogens is 3. The molecule has 0 amide bonds. The summed E-state index contributed by atoms with van der Waals surface area (Å²) in [4.78, 5) is 4.42. The van der Waals surface area contributed by atoms with Crippen molar-refractivity contribution in [2.24, 2.45) is 0 Å². The predicted octanol–water partition coefficient (Wildman–Crippen LogP) is 1.39. The van der Waals surface area contributed by atoms with E-state index in [1.807, 2.05) is 0 Å². The van der Waals surface area contributed by atoms with Crippen LogP contribution in [0.4, 0.5) is 0 Å². The minimum absolute atomic E-state index is 0.111. The highest BCUT2D eigenvalue weighted by Crippen LogP contribution is 2.25. The molecule has 25 heavy (non-hydrogen) atoms. The van der Waals surface area contributed by atoms with E-state index in [2.05, 4.69) is 14.8 Å². The molecule has 1 aliphatic heterocycles. The summed E-state index contributed by atoms with van der Waals surface area (Å²) in [5.41, 5.74) is 0.671. The number of benzene rings is 1. The molecule has 3 rings (SSSR count). The van der Waals surface area contributed by atoms with E-state index in [1.165, 1.54) is 0 Å². The molecule has 1 atom stereocenters. The zero-order valence-electron chi connectivity index (χ0n) is 14.3. The molecule has 0 fully saturated rings. The molecule has 2 heterocycles. The van der Waals surface area contributed by atoms with E-state index in [0.717, 1.165) is 13.0 Å². The topological polar surface area (TPSA) is 95.3 Å². The van der Waals surface area contributed by atoms with Crippen LogP contribution in [0.15, 0.2) is 24.3 Å². The minimum Gasteiger partial charge on any atom is -0.497 e. The number of hydrogen-bond acceptors (Lipinski definition) is 6. The number of hydrogen-bond donors (Lipinski definition) is 1. The summed E-state index contributed by atoms with van der Waals surface area (Å²) in [6, 6.07) is 6.67. The summed E-state index contributed by atoms with van der Waals surface area (Å²) >= 11 is 0. The second-order valence-corrected chi connectivity index (χ2v) is 7.72. The van der Waals surface area contributed by atoms with Gasteiger partial charge in [-0.15, -0.1) is 0 Å². The molecule has 0 radical (unpaired) electrons. The number of sulfonamides is 1. The standard InChI is InChI=1S/C16H22N4O4S/c1-23-10-15-17-16-14(7-4-8-20(16)18-15)19-25(21,22)11-12-5-3-6-13(9-12)24-2/h3,5-6,9,14,19H,4,7-8,10-11H2,1-2H3. The molecular weight excluding hydrogens is 344 g/mol. The zero-order valence-corrected chi connectivity index (χ0v) is 15.1. The summed E-state index contributed by atoms with van der Waals surface area (Å²) < 4.78 is 39.9. The Morgan fingerprint density at radius 1 is 1.36 bits per heavy atom. The number of methoxy groups -OCH3 is 2. The van der Waals surface area contributed by atoms with Crippen molar-refractivity contribution in [3.05, 3.63) is 41.5 Å². The molecule has 0 bridgehead atoms. The van der Waals surface area contributed by atoms with E-state index in [9.17, 15) is 8.42 Å². The van der Waals surface area contributed by atoms with Gasteiger partial charge in [0, 0.05) is 13.7 Å². The number of ether oxygens (including phenoxy) is 2. The third kappa shape index (κ3) is 4.36. The molecule has 1 unspecified atom stereocenters. The lowest BCUT2D eigenvalue weighted by molar-refractivity contribution is 0.177. The molecular formula is C16H22N4O4S. The van der Waals surface area contributed by atoms with E-state index in [0.29, 0.717) is 36.0 Å². The molecule has 8 nitrogen and oxygen atoms in total. The van der Waals surface area contributed by atoms with E-state index < -0.39 is 10.0 Å². The summed E-state index contributed by atoms with van der Waals surface area (Å²) in [7, 11) is -0.391. The van der Waals surface area contributed by atoms with Gasteiger partial charge in [-0.3, -0.25) is 0 Å². The van der Waals surface area contributed by atoms with Gasteiger partial charge >= 0.3 is 0 Å². The van der Waals surface area contributed by atoms with Crippen LogP contribution in [-0.2, 0) is 33.7 Å². The summed E-state index contributed by atoms with van der Waals surface area (Å²) in [6.45, 7) is 1.05. The van der Waals surface area contributed by atoms with Crippen molar-refractivity contribution in [1.29, 1.82) is 0 Å². The number of rotatable bonds is 7. The summed E-state index contributed by atoms with van der Waals surface area (Å²) in [5.74, 6) is 1.73. The summed E-state index contributed by atoms with van der Waals surface area (Å²) in [5, 5.41) is 4.36. The van der Waals surface area contributed by atoms with Crippen LogP contribution in [0.25, 0.3) is 0 Å². The van der Waals surface area contributed by atoms with Gasteiger partial charge in [0.15, 0.2) is 5.82 Å². The second-order valence-electron chi connectivity index (χ2n) is 5.97. The predicted molar refractivity (Wildman–Crippen MR) is 91.5 cm³/mol. The van der Waals surface area contributed by atoms with Crippen molar-refractivity contribution < 1.29 is 17.9 Å². The molecule has 1 N–H and O–H groups in total. The quantitative estimate of drug-likeness (QED) is 0.796. The highest BCUT2D eigenvalue weighted by molar-refractivity contribution is 7.88. The van der Waals surface area contributed by atoms with Gasteiger partial charge in [-0.2, -0.15) is 5.10 Å². The molecule has 0 saturated heterocycles. The van der Waals surface area contributed by atoms with Gasteiger partial charge in [-0.25, -0.2) is 22.8 Å². The molecule has 0 spiro atoms. The SMILES string of the molecule is COCc1nc2n(n1)CCCC2NS(=O)(=O)Cc1cccc(OC)c1. The first-order valence-electron chi connectivity index (χ1n) is 8.06. The van der Waals surface area contributed by atoms with Gasteiger partial charge in [-0.05, 0) is 30.5 Å². The van der Waals surface area contributed by atoms with Crippen molar-refractivity contribution >= 4 is 10.0 Å². The molecule has 0 aliphatic carbocycles. The number of aryl methyl sites for hydroxylation is 1.